The Kier molecular flexibility index (Phi) is 5.05. The summed E-state index contributed by atoms with van der Waals surface area (Å²) in [6.45, 7) is -0.663. The van der Waals surface area contributed by atoms with Gasteiger partial charge in [-0.05, 0) is 25.0 Å². The van der Waals surface area contributed by atoms with Gasteiger partial charge in [0.25, 0.3) is 5.91 Å². The van der Waals surface area contributed by atoms with E-state index in [0.29, 0.717) is 0 Å². The van der Waals surface area contributed by atoms with Gasteiger partial charge in [-0.15, -0.1) is 0 Å². The van der Waals surface area contributed by atoms with Crippen molar-refractivity contribution in [1.29, 1.82) is 0 Å². The van der Waals surface area contributed by atoms with E-state index in [1.54, 1.807) is 0 Å². The lowest BCUT2D eigenvalue weighted by molar-refractivity contribution is -0.137. The molecule has 0 bridgehead atoms. The number of nitrogens with one attached hydrogen (secondary N) is 1. The minimum absolute atomic E-state index is 0.114. The summed E-state index contributed by atoms with van der Waals surface area (Å²) < 4.78 is 4.80. The van der Waals surface area contributed by atoms with Crippen LogP contribution < -0.4 is 5.32 Å². The van der Waals surface area contributed by atoms with E-state index in [2.05, 4.69) is 5.32 Å². The van der Waals surface area contributed by atoms with Gasteiger partial charge in [-0.3, -0.25) is 9.59 Å². The van der Waals surface area contributed by atoms with Crippen LogP contribution in [0.2, 0.25) is 0 Å². The van der Waals surface area contributed by atoms with Gasteiger partial charge in [0.15, 0.2) is 6.61 Å². The van der Waals surface area contributed by atoms with Gasteiger partial charge in [0.05, 0.1) is 6.54 Å². The molecule has 0 spiro atoms. The molecule has 23 heavy (non-hydrogen) atoms. The molecule has 0 heterocycles. The maximum absolute atomic E-state index is 11.8. The molecule has 2 amide bonds. The van der Waals surface area contributed by atoms with Crippen molar-refractivity contribution in [3.05, 3.63) is 23.8 Å². The molecule has 0 radical (unpaired) electrons. The zero-order valence-electron chi connectivity index (χ0n) is 12.6. The molecule has 1 aromatic rings. The zero-order valence-corrected chi connectivity index (χ0v) is 12.6. The monoisotopic (exact) mass is 322 g/mol. The molecule has 2 rings (SSSR count). The number of nitrogens with zero attached hydrogens (tertiary/aromatic N) is 1. The summed E-state index contributed by atoms with van der Waals surface area (Å²) in [5.74, 6) is -2.34. The van der Waals surface area contributed by atoms with Crippen LogP contribution in [0, 0.1) is 0 Å². The number of carbonyl (C=O) groups excluding carboxylic acids is 3. The van der Waals surface area contributed by atoms with Crippen molar-refractivity contribution in [3.63, 3.8) is 0 Å². The van der Waals surface area contributed by atoms with Crippen molar-refractivity contribution in [2.75, 3.05) is 20.2 Å². The number of ether oxygens (including phenoxy) is 1. The average Bonchev–Trinajstić information content (AvgIpc) is 3.27. The molecule has 0 atom stereocenters. The van der Waals surface area contributed by atoms with Gasteiger partial charge in [0, 0.05) is 19.2 Å². The number of hydrogen-bond acceptors (Lipinski definition) is 6. The Bertz CT molecular complexity index is 626. The lowest BCUT2D eigenvalue weighted by atomic mass is 10.2. The van der Waals surface area contributed by atoms with Gasteiger partial charge < -0.3 is 25.2 Å². The van der Waals surface area contributed by atoms with E-state index in [1.165, 1.54) is 19.2 Å². The Balaban J connectivity index is 1.80. The first-order valence-corrected chi connectivity index (χ1v) is 7.09. The van der Waals surface area contributed by atoms with Crippen LogP contribution in [0.25, 0.3) is 0 Å². The predicted molar refractivity (Wildman–Crippen MR) is 78.9 cm³/mol. The fourth-order valence-corrected chi connectivity index (χ4v) is 1.81. The number of aromatic hydroxyl groups is 2. The normalized spacial score (nSPS) is 13.3. The fraction of sp³-hybridized carbons (Fsp3) is 0.400. The van der Waals surface area contributed by atoms with Gasteiger partial charge in [0.2, 0.25) is 5.91 Å². The highest BCUT2D eigenvalue weighted by Gasteiger charge is 2.24. The highest BCUT2D eigenvalue weighted by molar-refractivity contribution is 5.94. The van der Waals surface area contributed by atoms with E-state index >= 15 is 0 Å². The smallest absolute Gasteiger partial charge is 0.342 e. The molecular formula is C15H18N2O6. The summed E-state index contributed by atoms with van der Waals surface area (Å²) in [5.41, 5.74) is -0.162. The van der Waals surface area contributed by atoms with Crippen LogP contribution >= 0.6 is 0 Å². The van der Waals surface area contributed by atoms with Crippen LogP contribution in [0.1, 0.15) is 23.2 Å². The van der Waals surface area contributed by atoms with Crippen molar-refractivity contribution >= 4 is 17.8 Å². The second-order valence-corrected chi connectivity index (χ2v) is 5.37. The summed E-state index contributed by atoms with van der Waals surface area (Å²) in [6.07, 6.45) is 1.91. The third-order valence-corrected chi connectivity index (χ3v) is 3.28. The van der Waals surface area contributed by atoms with Gasteiger partial charge in [-0.1, -0.05) is 0 Å². The average molecular weight is 322 g/mol. The molecule has 1 aliphatic carbocycles. The molecule has 3 N–H and O–H groups in total. The number of amides is 2. The molecule has 0 aromatic heterocycles. The third-order valence-electron chi connectivity index (χ3n) is 3.28. The van der Waals surface area contributed by atoms with Crippen molar-refractivity contribution in [2.45, 2.75) is 18.9 Å². The van der Waals surface area contributed by atoms with E-state index in [1.807, 2.05) is 0 Å². The van der Waals surface area contributed by atoms with Gasteiger partial charge in [0.1, 0.15) is 17.1 Å². The van der Waals surface area contributed by atoms with Crippen molar-refractivity contribution < 1.29 is 29.3 Å². The Hall–Kier alpha value is -2.77. The molecule has 1 aromatic carbocycles. The Morgan fingerprint density at radius 3 is 2.61 bits per heavy atom. The minimum atomic E-state index is -0.897. The predicted octanol–water partition coefficient (Wildman–Crippen LogP) is -0.00840. The summed E-state index contributed by atoms with van der Waals surface area (Å²) in [5, 5.41) is 21.4. The van der Waals surface area contributed by atoms with Crippen molar-refractivity contribution in [1.82, 2.24) is 10.2 Å². The lowest BCUT2D eigenvalue weighted by Crippen LogP contribution is -2.40. The van der Waals surface area contributed by atoms with Crippen molar-refractivity contribution in [3.8, 4) is 11.5 Å². The van der Waals surface area contributed by atoms with Gasteiger partial charge >= 0.3 is 5.97 Å². The minimum Gasteiger partial charge on any atom is -0.508 e. The number of rotatable bonds is 6. The van der Waals surface area contributed by atoms with E-state index < -0.39 is 24.2 Å². The van der Waals surface area contributed by atoms with Crippen LogP contribution in [0.15, 0.2) is 18.2 Å². The molecule has 0 saturated heterocycles. The number of phenolic OH excluding ortho intramolecular Hbond substituents is 2. The summed E-state index contributed by atoms with van der Waals surface area (Å²) in [4.78, 5) is 36.3. The van der Waals surface area contributed by atoms with Crippen LogP contribution in [0.5, 0.6) is 11.5 Å². The number of phenols is 2. The Morgan fingerprint density at radius 1 is 1.30 bits per heavy atom. The Morgan fingerprint density at radius 2 is 2.00 bits per heavy atom. The number of benzene rings is 1. The summed E-state index contributed by atoms with van der Waals surface area (Å²) in [7, 11) is 1.43. The van der Waals surface area contributed by atoms with Crippen LogP contribution in [0.4, 0.5) is 0 Å². The van der Waals surface area contributed by atoms with E-state index in [-0.39, 0.29) is 29.8 Å². The second kappa shape index (κ2) is 6.99. The number of esters is 1. The molecule has 1 saturated carbocycles. The third kappa shape index (κ3) is 4.87. The maximum atomic E-state index is 11.8. The first-order chi connectivity index (χ1) is 10.9. The highest BCUT2D eigenvalue weighted by atomic mass is 16.5. The lowest BCUT2D eigenvalue weighted by Gasteiger charge is -2.16. The molecule has 1 aliphatic rings. The highest BCUT2D eigenvalue weighted by Crippen LogP contribution is 2.23. The van der Waals surface area contributed by atoms with Gasteiger partial charge in [-0.2, -0.15) is 0 Å². The van der Waals surface area contributed by atoms with E-state index in [9.17, 15) is 19.5 Å². The summed E-state index contributed by atoms with van der Waals surface area (Å²) in [6, 6.07) is 3.60. The maximum Gasteiger partial charge on any atom is 0.342 e. The first-order valence-electron chi connectivity index (χ1n) is 7.09. The zero-order chi connectivity index (χ0) is 17.0. The molecular weight excluding hydrogens is 304 g/mol. The molecule has 8 heteroatoms. The second-order valence-electron chi connectivity index (χ2n) is 5.37. The van der Waals surface area contributed by atoms with Crippen molar-refractivity contribution in [2.24, 2.45) is 0 Å². The van der Waals surface area contributed by atoms with Gasteiger partial charge in [-0.25, -0.2) is 4.79 Å². The van der Waals surface area contributed by atoms with E-state index in [4.69, 9.17) is 9.84 Å². The van der Waals surface area contributed by atoms with Crippen LogP contribution in [0.3, 0.4) is 0 Å². The summed E-state index contributed by atoms with van der Waals surface area (Å²) >= 11 is 0. The standard InChI is InChI=1S/C15H18N2O6/c1-17(7-13(20)16-9-2-3-9)14(21)8-23-15(22)11-5-4-10(18)6-12(11)19/h4-6,9,18-19H,2-3,7-8H2,1H3,(H,16,20). The molecule has 0 unspecified atom stereocenters. The van der Waals surface area contributed by atoms with Crippen LogP contribution in [-0.4, -0.2) is 59.1 Å². The molecule has 8 nitrogen and oxygen atoms in total. The van der Waals surface area contributed by atoms with Crippen LogP contribution in [-0.2, 0) is 14.3 Å². The molecule has 1 fully saturated rings. The molecule has 124 valence electrons. The quantitative estimate of drug-likeness (QED) is 0.634. The fourth-order valence-electron chi connectivity index (χ4n) is 1.81. The Labute approximate surface area is 132 Å². The number of likely N-dealkylation sites (N-methyl/N-ethyl adjacent to an activating group) is 1. The van der Waals surface area contributed by atoms with E-state index in [0.717, 1.165) is 23.8 Å². The number of carbonyl (C=O) groups is 3. The molecule has 0 aliphatic heterocycles. The largest absolute Gasteiger partial charge is 0.508 e. The number of hydrogen-bond donors (Lipinski definition) is 3. The SMILES string of the molecule is CN(CC(=O)NC1CC1)C(=O)COC(=O)c1ccc(O)cc1O. The topological polar surface area (TPSA) is 116 Å². The first kappa shape index (κ1) is 16.6.